The van der Waals surface area contributed by atoms with Crippen LogP contribution in [0.25, 0.3) is 0 Å². The van der Waals surface area contributed by atoms with E-state index < -0.39 is 0 Å². The third kappa shape index (κ3) is 6.11. The predicted molar refractivity (Wildman–Crippen MR) is 102 cm³/mol. The number of allylic oxidation sites excluding steroid dienone is 6. The van der Waals surface area contributed by atoms with Crippen LogP contribution in [0.1, 0.15) is 32.3 Å². The van der Waals surface area contributed by atoms with Gasteiger partial charge in [0.15, 0.2) is 0 Å². The van der Waals surface area contributed by atoms with E-state index in [0.29, 0.717) is 0 Å². The normalized spacial score (nSPS) is 18.7. The van der Waals surface area contributed by atoms with Crippen LogP contribution >= 0.6 is 0 Å². The van der Waals surface area contributed by atoms with Crippen LogP contribution in [-0.2, 0) is 0 Å². The maximum Gasteiger partial charge on any atom is 0.0696 e. The van der Waals surface area contributed by atoms with Gasteiger partial charge in [0.2, 0.25) is 0 Å². The molecule has 0 radical (unpaired) electrons. The Labute approximate surface area is 140 Å². The van der Waals surface area contributed by atoms with Gasteiger partial charge in [-0.25, -0.2) is 0 Å². The summed E-state index contributed by atoms with van der Waals surface area (Å²) in [6.45, 7) is 10.3. The fraction of sp³-hybridized carbons (Fsp3) is 0.286. The number of nitrogens with one attached hydrogen (secondary N) is 1. The second-order valence-corrected chi connectivity index (χ2v) is 6.19. The van der Waals surface area contributed by atoms with Crippen molar-refractivity contribution in [1.29, 1.82) is 0 Å². The van der Waals surface area contributed by atoms with Crippen LogP contribution in [0.5, 0.6) is 0 Å². The van der Waals surface area contributed by atoms with Crippen molar-refractivity contribution >= 4 is 11.4 Å². The quantitative estimate of drug-likeness (QED) is 0.749. The zero-order chi connectivity index (χ0) is 16.7. The monoisotopic (exact) mass is 306 g/mol. The molecule has 0 heterocycles. The number of aliphatic imine (C=N–C) groups is 1. The second kappa shape index (κ2) is 8.33. The lowest BCUT2D eigenvalue weighted by Crippen LogP contribution is -2.00. The molecule has 1 fully saturated rings. The molecule has 0 spiro atoms. The van der Waals surface area contributed by atoms with Gasteiger partial charge in [0.1, 0.15) is 0 Å². The molecule has 0 aliphatic heterocycles. The molecule has 120 valence electrons. The van der Waals surface area contributed by atoms with Crippen LogP contribution in [0.3, 0.4) is 0 Å². The Morgan fingerprint density at radius 3 is 2.48 bits per heavy atom. The number of rotatable bonds is 3. The van der Waals surface area contributed by atoms with Crippen molar-refractivity contribution in [3.63, 3.8) is 0 Å². The fourth-order valence-electron chi connectivity index (χ4n) is 1.93. The Bertz CT molecular complexity index is 671. The third-order valence-corrected chi connectivity index (χ3v) is 3.73. The molecule has 3 rings (SSSR count). The van der Waals surface area contributed by atoms with E-state index in [0.717, 1.165) is 28.6 Å². The average Bonchev–Trinajstić information content (AvgIpc) is 3.32. The van der Waals surface area contributed by atoms with E-state index in [1.165, 1.54) is 18.4 Å². The molecule has 2 aliphatic carbocycles. The largest absolute Gasteiger partial charge is 0.358 e. The van der Waals surface area contributed by atoms with E-state index in [4.69, 9.17) is 0 Å². The summed E-state index contributed by atoms with van der Waals surface area (Å²) in [6, 6.07) is 8.19. The van der Waals surface area contributed by atoms with Gasteiger partial charge in [-0.1, -0.05) is 62.8 Å². The Morgan fingerprint density at radius 2 is 1.87 bits per heavy atom. The Hall–Kier alpha value is -2.35. The second-order valence-electron chi connectivity index (χ2n) is 6.19. The number of aryl methyl sites for hydroxylation is 1. The average molecular weight is 306 g/mol. The van der Waals surface area contributed by atoms with Gasteiger partial charge < -0.3 is 5.32 Å². The van der Waals surface area contributed by atoms with Gasteiger partial charge in [0, 0.05) is 17.6 Å². The topological polar surface area (TPSA) is 24.4 Å². The highest BCUT2D eigenvalue weighted by atomic mass is 14.9. The van der Waals surface area contributed by atoms with Gasteiger partial charge in [-0.15, -0.1) is 0 Å². The molecule has 0 atom stereocenters. The molecule has 1 aromatic rings. The van der Waals surface area contributed by atoms with Crippen LogP contribution in [0.4, 0.5) is 5.69 Å². The molecule has 23 heavy (non-hydrogen) atoms. The van der Waals surface area contributed by atoms with Gasteiger partial charge in [0.05, 0.1) is 5.71 Å². The number of benzene rings is 1. The molecule has 2 nitrogen and oxygen atoms in total. The summed E-state index contributed by atoms with van der Waals surface area (Å²) in [6.07, 6.45) is 12.6. The highest BCUT2D eigenvalue weighted by Gasteiger charge is 2.12. The molecule has 1 saturated carbocycles. The molecule has 0 saturated heterocycles. The summed E-state index contributed by atoms with van der Waals surface area (Å²) in [5.41, 5.74) is 5.15. The fourth-order valence-corrected chi connectivity index (χ4v) is 1.93. The maximum atomic E-state index is 4.44. The summed E-state index contributed by atoms with van der Waals surface area (Å²) < 4.78 is 0. The third-order valence-electron chi connectivity index (χ3n) is 3.73. The molecule has 0 unspecified atom stereocenters. The molecule has 2 heteroatoms. The van der Waals surface area contributed by atoms with Gasteiger partial charge >= 0.3 is 0 Å². The van der Waals surface area contributed by atoms with E-state index >= 15 is 0 Å². The van der Waals surface area contributed by atoms with Gasteiger partial charge in [0.25, 0.3) is 0 Å². The minimum Gasteiger partial charge on any atom is -0.358 e. The van der Waals surface area contributed by atoms with Crippen molar-refractivity contribution in [1.82, 2.24) is 0 Å². The highest BCUT2D eigenvalue weighted by molar-refractivity contribution is 6.11. The highest BCUT2D eigenvalue weighted by Crippen LogP contribution is 2.26. The zero-order valence-corrected chi connectivity index (χ0v) is 14.3. The summed E-state index contributed by atoms with van der Waals surface area (Å²) >= 11 is 0. The predicted octanol–water partition coefficient (Wildman–Crippen LogP) is 5.81. The lowest BCUT2D eigenvalue weighted by atomic mass is 10.1. The molecule has 1 N–H and O–H groups in total. The Kier molecular flexibility index (Phi) is 6.16. The lowest BCUT2D eigenvalue weighted by molar-refractivity contribution is 0.983. The first-order valence-corrected chi connectivity index (χ1v) is 8.17. The molecule has 1 aromatic carbocycles. The molecule has 0 aromatic heterocycles. The van der Waals surface area contributed by atoms with Crippen LogP contribution in [-0.4, -0.2) is 5.71 Å². The van der Waals surface area contributed by atoms with Crippen molar-refractivity contribution in [2.75, 3.05) is 5.32 Å². The molecular weight excluding hydrogens is 280 g/mol. The maximum absolute atomic E-state index is 4.44. The van der Waals surface area contributed by atoms with E-state index in [-0.39, 0.29) is 0 Å². The van der Waals surface area contributed by atoms with Crippen molar-refractivity contribution in [3.8, 4) is 0 Å². The van der Waals surface area contributed by atoms with E-state index in [2.05, 4.69) is 42.9 Å². The van der Waals surface area contributed by atoms with E-state index in [1.54, 1.807) is 0 Å². The first-order chi connectivity index (χ1) is 11.1. The minimum absolute atomic E-state index is 0.897. The summed E-state index contributed by atoms with van der Waals surface area (Å²) in [5, 5.41) is 3.35. The number of para-hydroxylation sites is 1. The number of anilines is 1. The molecule has 0 bridgehead atoms. The van der Waals surface area contributed by atoms with Crippen molar-refractivity contribution in [2.24, 2.45) is 10.9 Å². The van der Waals surface area contributed by atoms with E-state index in [9.17, 15) is 0 Å². The number of hydrogen-bond acceptors (Lipinski definition) is 2. The standard InChI is InChI=1S/C17H18N2.C4H8/c1-13-8-4-6-10-16(13)18-12-15(3)19-17-11-7-5-9-14(17)2;1-4-2-3-4/h4-12,19H,1H2,2-3H3;4H,2-3H2,1H3/b15-12+,18-16?;. The van der Waals surface area contributed by atoms with Crippen LogP contribution < -0.4 is 5.32 Å². The molecule has 2 aliphatic rings. The Balaban J connectivity index is 0.000000417. The molecular formula is C21H26N2. The minimum atomic E-state index is 0.897. The summed E-state index contributed by atoms with van der Waals surface area (Å²) in [5.74, 6) is 1.08. The SMILES string of the molecule is C=C1C=CC=CC1=N/C=C(\C)Nc1ccccc1C.CC1CC1. The van der Waals surface area contributed by atoms with Crippen molar-refractivity contribution in [3.05, 3.63) is 78.2 Å². The Morgan fingerprint density at radius 1 is 1.22 bits per heavy atom. The van der Waals surface area contributed by atoms with Crippen LogP contribution in [0.15, 0.2) is 77.6 Å². The smallest absolute Gasteiger partial charge is 0.0696 e. The number of nitrogens with zero attached hydrogens (tertiary/aromatic N) is 1. The van der Waals surface area contributed by atoms with Gasteiger partial charge in [-0.3, -0.25) is 4.99 Å². The lowest BCUT2D eigenvalue weighted by Gasteiger charge is -2.09. The first kappa shape index (κ1) is 17.0. The van der Waals surface area contributed by atoms with Crippen LogP contribution in [0.2, 0.25) is 0 Å². The molecule has 0 amide bonds. The zero-order valence-electron chi connectivity index (χ0n) is 14.3. The number of hydrogen-bond donors (Lipinski definition) is 1. The van der Waals surface area contributed by atoms with Crippen LogP contribution in [0, 0.1) is 12.8 Å². The summed E-state index contributed by atoms with van der Waals surface area (Å²) in [4.78, 5) is 4.44. The first-order valence-electron chi connectivity index (χ1n) is 8.17. The van der Waals surface area contributed by atoms with Gasteiger partial charge in [-0.2, -0.15) is 0 Å². The van der Waals surface area contributed by atoms with Crippen molar-refractivity contribution < 1.29 is 0 Å². The van der Waals surface area contributed by atoms with Gasteiger partial charge in [-0.05, 0) is 43.0 Å². The van der Waals surface area contributed by atoms with Crippen molar-refractivity contribution in [2.45, 2.75) is 33.6 Å². The summed E-state index contributed by atoms with van der Waals surface area (Å²) in [7, 11) is 0. The van der Waals surface area contributed by atoms with E-state index in [1.807, 2.05) is 49.6 Å².